The predicted molar refractivity (Wildman–Crippen MR) is 71.2 cm³/mol. The quantitative estimate of drug-likeness (QED) is 0.793. The number of para-hydroxylation sites is 1. The second kappa shape index (κ2) is 5.69. The first-order valence-corrected chi connectivity index (χ1v) is 6.08. The van der Waals surface area contributed by atoms with Gasteiger partial charge in [-0.05, 0) is 29.9 Å². The summed E-state index contributed by atoms with van der Waals surface area (Å²) in [6.07, 6.45) is 3.70. The van der Waals surface area contributed by atoms with Crippen LogP contribution in [-0.4, -0.2) is 24.1 Å². The number of aromatic amines is 1. The highest BCUT2D eigenvalue weighted by Gasteiger charge is 2.10. The molecule has 0 amide bonds. The number of carbonyl (C=O) groups is 1. The number of methoxy groups -OCH3 is 1. The van der Waals surface area contributed by atoms with Gasteiger partial charge in [0.1, 0.15) is 0 Å². The Balaban J connectivity index is 2.00. The van der Waals surface area contributed by atoms with Crippen molar-refractivity contribution in [2.75, 3.05) is 7.11 Å². The fourth-order valence-corrected chi connectivity index (χ4v) is 2.11. The van der Waals surface area contributed by atoms with E-state index in [1.165, 1.54) is 18.1 Å². The van der Waals surface area contributed by atoms with Crippen LogP contribution in [0.4, 0.5) is 0 Å². The minimum atomic E-state index is -0.205. The number of hydrogen-bond acceptors (Lipinski definition) is 3. The minimum absolute atomic E-state index is 0.0296. The molecule has 18 heavy (non-hydrogen) atoms. The molecule has 0 saturated carbocycles. The summed E-state index contributed by atoms with van der Waals surface area (Å²) in [6.45, 7) is 0. The van der Waals surface area contributed by atoms with Crippen LogP contribution in [0.25, 0.3) is 10.9 Å². The summed E-state index contributed by atoms with van der Waals surface area (Å²) in [4.78, 5) is 14.3. The molecule has 0 aliphatic heterocycles. The van der Waals surface area contributed by atoms with Crippen LogP contribution in [-0.2, 0) is 16.0 Å². The zero-order chi connectivity index (χ0) is 13.0. The SMILES string of the molecule is COC(=O)CCC(N)Cc1cccc2cc[nH]c12. The number of ether oxygens (including phenoxy) is 1. The summed E-state index contributed by atoms with van der Waals surface area (Å²) < 4.78 is 4.61. The zero-order valence-electron chi connectivity index (χ0n) is 10.5. The largest absolute Gasteiger partial charge is 0.469 e. The molecule has 0 bridgehead atoms. The first kappa shape index (κ1) is 12.6. The molecule has 0 fully saturated rings. The first-order valence-electron chi connectivity index (χ1n) is 6.08. The number of carbonyl (C=O) groups excluding carboxylic acids is 1. The monoisotopic (exact) mass is 246 g/mol. The van der Waals surface area contributed by atoms with E-state index in [9.17, 15) is 4.79 Å². The Morgan fingerprint density at radius 1 is 1.44 bits per heavy atom. The lowest BCUT2D eigenvalue weighted by Gasteiger charge is -2.11. The van der Waals surface area contributed by atoms with E-state index in [0.717, 1.165) is 11.9 Å². The molecule has 0 saturated heterocycles. The van der Waals surface area contributed by atoms with Crippen molar-refractivity contribution in [2.24, 2.45) is 5.73 Å². The highest BCUT2D eigenvalue weighted by atomic mass is 16.5. The summed E-state index contributed by atoms with van der Waals surface area (Å²) in [5.41, 5.74) is 8.37. The Morgan fingerprint density at radius 2 is 2.28 bits per heavy atom. The van der Waals surface area contributed by atoms with Crippen molar-refractivity contribution >= 4 is 16.9 Å². The zero-order valence-corrected chi connectivity index (χ0v) is 10.5. The highest BCUT2D eigenvalue weighted by Crippen LogP contribution is 2.18. The van der Waals surface area contributed by atoms with E-state index in [1.54, 1.807) is 0 Å². The topological polar surface area (TPSA) is 68.1 Å². The summed E-state index contributed by atoms with van der Waals surface area (Å²) in [6, 6.07) is 8.17. The molecule has 1 atom stereocenters. The second-order valence-electron chi connectivity index (χ2n) is 4.44. The van der Waals surface area contributed by atoms with Gasteiger partial charge in [-0.15, -0.1) is 0 Å². The van der Waals surface area contributed by atoms with E-state index in [-0.39, 0.29) is 12.0 Å². The van der Waals surface area contributed by atoms with Crippen LogP contribution in [0.5, 0.6) is 0 Å². The van der Waals surface area contributed by atoms with Crippen LogP contribution < -0.4 is 5.73 Å². The van der Waals surface area contributed by atoms with Crippen molar-refractivity contribution in [3.63, 3.8) is 0 Å². The van der Waals surface area contributed by atoms with E-state index >= 15 is 0 Å². The summed E-state index contributed by atoms with van der Waals surface area (Å²) >= 11 is 0. The van der Waals surface area contributed by atoms with Crippen molar-refractivity contribution in [2.45, 2.75) is 25.3 Å². The van der Waals surface area contributed by atoms with Crippen molar-refractivity contribution in [1.82, 2.24) is 4.98 Å². The van der Waals surface area contributed by atoms with Gasteiger partial charge in [-0.1, -0.05) is 18.2 Å². The maximum atomic E-state index is 11.1. The number of nitrogens with one attached hydrogen (secondary N) is 1. The molecule has 96 valence electrons. The average molecular weight is 246 g/mol. The van der Waals surface area contributed by atoms with Crippen molar-refractivity contribution in [3.8, 4) is 0 Å². The molecule has 0 spiro atoms. The fraction of sp³-hybridized carbons (Fsp3) is 0.357. The molecule has 4 nitrogen and oxygen atoms in total. The molecule has 0 aliphatic rings. The Hall–Kier alpha value is -1.81. The maximum Gasteiger partial charge on any atom is 0.305 e. The van der Waals surface area contributed by atoms with Gasteiger partial charge in [-0.3, -0.25) is 4.79 Å². The van der Waals surface area contributed by atoms with E-state index in [1.807, 2.05) is 18.3 Å². The van der Waals surface area contributed by atoms with Gasteiger partial charge in [0.25, 0.3) is 0 Å². The standard InChI is InChI=1S/C14H18N2O2/c1-18-13(17)6-5-12(15)9-11-4-2-3-10-7-8-16-14(10)11/h2-4,7-8,12,16H,5-6,9,15H2,1H3. The predicted octanol–water partition coefficient (Wildman–Crippen LogP) is 1.99. The Kier molecular flexibility index (Phi) is 3.99. The number of rotatable bonds is 5. The lowest BCUT2D eigenvalue weighted by atomic mass is 10.0. The maximum absolute atomic E-state index is 11.1. The van der Waals surface area contributed by atoms with Crippen molar-refractivity contribution < 1.29 is 9.53 Å². The van der Waals surface area contributed by atoms with E-state index in [0.29, 0.717) is 12.8 Å². The molecule has 2 rings (SSSR count). The Morgan fingerprint density at radius 3 is 3.06 bits per heavy atom. The summed E-state index contributed by atoms with van der Waals surface area (Å²) in [5.74, 6) is -0.205. The van der Waals surface area contributed by atoms with E-state index in [4.69, 9.17) is 5.73 Å². The van der Waals surface area contributed by atoms with Gasteiger partial charge in [0, 0.05) is 24.2 Å². The van der Waals surface area contributed by atoms with Gasteiger partial charge >= 0.3 is 5.97 Å². The average Bonchev–Trinajstić information content (AvgIpc) is 2.85. The molecular formula is C14H18N2O2. The summed E-state index contributed by atoms with van der Waals surface area (Å²) in [7, 11) is 1.40. The lowest BCUT2D eigenvalue weighted by Crippen LogP contribution is -2.24. The molecule has 1 heterocycles. The molecule has 1 aromatic carbocycles. The van der Waals surface area contributed by atoms with Crippen LogP contribution in [0, 0.1) is 0 Å². The third kappa shape index (κ3) is 2.90. The highest BCUT2D eigenvalue weighted by molar-refractivity contribution is 5.82. The fourth-order valence-electron chi connectivity index (χ4n) is 2.11. The van der Waals surface area contributed by atoms with Crippen LogP contribution in [0.3, 0.4) is 0 Å². The Labute approximate surface area is 106 Å². The number of nitrogens with two attached hydrogens (primary N) is 1. The number of fused-ring (bicyclic) bond motifs is 1. The van der Waals surface area contributed by atoms with Crippen LogP contribution in [0.2, 0.25) is 0 Å². The van der Waals surface area contributed by atoms with Gasteiger partial charge in [0.05, 0.1) is 7.11 Å². The molecule has 1 unspecified atom stereocenters. The van der Waals surface area contributed by atoms with Gasteiger partial charge in [0.2, 0.25) is 0 Å². The van der Waals surface area contributed by atoms with E-state index < -0.39 is 0 Å². The third-order valence-electron chi connectivity index (χ3n) is 3.10. The summed E-state index contributed by atoms with van der Waals surface area (Å²) in [5, 5.41) is 1.19. The van der Waals surface area contributed by atoms with E-state index in [2.05, 4.69) is 21.9 Å². The molecule has 0 aliphatic carbocycles. The van der Waals surface area contributed by atoms with Gasteiger partial charge in [-0.25, -0.2) is 0 Å². The molecule has 2 aromatic rings. The number of benzene rings is 1. The normalized spacial score (nSPS) is 12.6. The molecule has 4 heteroatoms. The van der Waals surface area contributed by atoms with Crippen molar-refractivity contribution in [1.29, 1.82) is 0 Å². The third-order valence-corrected chi connectivity index (χ3v) is 3.10. The number of hydrogen-bond donors (Lipinski definition) is 2. The second-order valence-corrected chi connectivity index (χ2v) is 4.44. The number of esters is 1. The number of H-pyrrole nitrogens is 1. The first-order chi connectivity index (χ1) is 8.70. The molecule has 0 radical (unpaired) electrons. The van der Waals surface area contributed by atoms with Crippen LogP contribution in [0.15, 0.2) is 30.5 Å². The molecule has 1 aromatic heterocycles. The van der Waals surface area contributed by atoms with Gasteiger partial charge < -0.3 is 15.5 Å². The van der Waals surface area contributed by atoms with Gasteiger partial charge in [-0.2, -0.15) is 0 Å². The lowest BCUT2D eigenvalue weighted by molar-refractivity contribution is -0.140. The molecular weight excluding hydrogens is 228 g/mol. The minimum Gasteiger partial charge on any atom is -0.469 e. The smallest absolute Gasteiger partial charge is 0.305 e. The van der Waals surface area contributed by atoms with Crippen LogP contribution in [0.1, 0.15) is 18.4 Å². The Bertz CT molecular complexity index is 533. The number of aromatic nitrogens is 1. The van der Waals surface area contributed by atoms with Crippen molar-refractivity contribution in [3.05, 3.63) is 36.0 Å². The van der Waals surface area contributed by atoms with Gasteiger partial charge in [0.15, 0.2) is 0 Å². The molecule has 3 N–H and O–H groups in total. The van der Waals surface area contributed by atoms with Crippen LogP contribution >= 0.6 is 0 Å².